The molecule has 1 aromatic carbocycles. The first-order chi connectivity index (χ1) is 9.07. The quantitative estimate of drug-likeness (QED) is 0.780. The van der Waals surface area contributed by atoms with Gasteiger partial charge in [-0.1, -0.05) is 41.5 Å². The van der Waals surface area contributed by atoms with Crippen molar-refractivity contribution >= 4 is 6.29 Å². The minimum atomic E-state index is -0.203. The first kappa shape index (κ1) is 16.5. The van der Waals surface area contributed by atoms with Crippen LogP contribution in [-0.2, 0) is 10.8 Å². The van der Waals surface area contributed by atoms with Crippen molar-refractivity contribution in [2.24, 2.45) is 0 Å². The molecule has 3 nitrogen and oxygen atoms in total. The summed E-state index contributed by atoms with van der Waals surface area (Å²) in [5, 5.41) is 0. The van der Waals surface area contributed by atoms with Crippen LogP contribution in [-0.4, -0.2) is 20.5 Å². The van der Waals surface area contributed by atoms with Crippen LogP contribution in [0.15, 0.2) is 6.07 Å². The van der Waals surface area contributed by atoms with Gasteiger partial charge in [0, 0.05) is 16.7 Å². The number of hydrogen-bond donors (Lipinski definition) is 0. The SMILES string of the molecule is COc1c(C(C)(C)C)cc(C=O)c(C(C)(C)C)c1OC. The molecule has 0 N–H and O–H groups in total. The lowest BCUT2D eigenvalue weighted by molar-refractivity contribution is 0.112. The van der Waals surface area contributed by atoms with Crippen molar-refractivity contribution in [2.45, 2.75) is 52.4 Å². The van der Waals surface area contributed by atoms with Crippen molar-refractivity contribution in [1.29, 1.82) is 0 Å². The molecule has 0 aromatic heterocycles. The van der Waals surface area contributed by atoms with Gasteiger partial charge in [0.2, 0.25) is 0 Å². The second-order valence-corrected chi connectivity index (χ2v) is 7.07. The molecule has 0 radical (unpaired) electrons. The summed E-state index contributed by atoms with van der Waals surface area (Å²) >= 11 is 0. The lowest BCUT2D eigenvalue weighted by atomic mass is 9.78. The second kappa shape index (κ2) is 5.47. The molecule has 0 aliphatic heterocycles. The van der Waals surface area contributed by atoms with Crippen molar-refractivity contribution in [2.75, 3.05) is 14.2 Å². The first-order valence-corrected chi connectivity index (χ1v) is 6.83. The summed E-state index contributed by atoms with van der Waals surface area (Å²) in [6.07, 6.45) is 0.901. The summed E-state index contributed by atoms with van der Waals surface area (Å²) in [7, 11) is 3.26. The largest absolute Gasteiger partial charge is 0.493 e. The summed E-state index contributed by atoms with van der Waals surface area (Å²) in [4.78, 5) is 11.5. The minimum Gasteiger partial charge on any atom is -0.493 e. The molecule has 0 spiro atoms. The maximum absolute atomic E-state index is 11.5. The Labute approximate surface area is 122 Å². The molecule has 0 heterocycles. The molecule has 112 valence electrons. The van der Waals surface area contributed by atoms with Crippen LogP contribution in [0.2, 0.25) is 0 Å². The fourth-order valence-corrected chi connectivity index (χ4v) is 2.48. The highest BCUT2D eigenvalue weighted by molar-refractivity contribution is 5.82. The predicted molar refractivity (Wildman–Crippen MR) is 82.3 cm³/mol. The first-order valence-electron chi connectivity index (χ1n) is 6.83. The van der Waals surface area contributed by atoms with Gasteiger partial charge in [0.05, 0.1) is 14.2 Å². The number of aldehydes is 1. The summed E-state index contributed by atoms with van der Waals surface area (Å²) in [6, 6.07) is 1.93. The van der Waals surface area contributed by atoms with E-state index in [0.29, 0.717) is 11.3 Å². The number of carbonyl (C=O) groups is 1. The molecule has 0 saturated heterocycles. The van der Waals surface area contributed by atoms with E-state index >= 15 is 0 Å². The third-order valence-corrected chi connectivity index (χ3v) is 3.36. The lowest BCUT2D eigenvalue weighted by Gasteiger charge is -2.30. The number of carbonyl (C=O) groups excluding carboxylic acids is 1. The Morgan fingerprint density at radius 3 is 1.70 bits per heavy atom. The number of hydrogen-bond acceptors (Lipinski definition) is 3. The standard InChI is InChI=1S/C17H26O3/c1-16(2,3)12-9-11(10-18)13(17(4,5)6)15(20-8)14(12)19-7/h9-10H,1-8H3. The van der Waals surface area contributed by atoms with E-state index in [-0.39, 0.29) is 10.8 Å². The van der Waals surface area contributed by atoms with Crippen LogP contribution in [0.5, 0.6) is 11.5 Å². The zero-order chi connectivity index (χ0) is 15.7. The highest BCUT2D eigenvalue weighted by Gasteiger charge is 2.31. The Hall–Kier alpha value is -1.51. The van der Waals surface area contributed by atoms with Gasteiger partial charge in [0.25, 0.3) is 0 Å². The van der Waals surface area contributed by atoms with Gasteiger partial charge in [0.1, 0.15) is 0 Å². The van der Waals surface area contributed by atoms with Gasteiger partial charge in [0.15, 0.2) is 17.8 Å². The number of methoxy groups -OCH3 is 2. The summed E-state index contributed by atoms with van der Waals surface area (Å²) in [5.41, 5.74) is 2.20. The predicted octanol–water partition coefficient (Wildman–Crippen LogP) is 4.11. The van der Waals surface area contributed by atoms with E-state index in [0.717, 1.165) is 23.2 Å². The second-order valence-electron chi connectivity index (χ2n) is 7.07. The number of benzene rings is 1. The van der Waals surface area contributed by atoms with Crippen LogP contribution in [0.4, 0.5) is 0 Å². The molecule has 3 heteroatoms. The van der Waals surface area contributed by atoms with Gasteiger partial charge in [-0.2, -0.15) is 0 Å². The minimum absolute atomic E-state index is 0.132. The van der Waals surface area contributed by atoms with E-state index in [2.05, 4.69) is 41.5 Å². The maximum Gasteiger partial charge on any atom is 0.165 e. The molecule has 0 saturated carbocycles. The lowest BCUT2D eigenvalue weighted by Crippen LogP contribution is -2.20. The van der Waals surface area contributed by atoms with Crippen molar-refractivity contribution < 1.29 is 14.3 Å². The Balaban J connectivity index is 3.86. The van der Waals surface area contributed by atoms with Gasteiger partial charge in [-0.3, -0.25) is 4.79 Å². The maximum atomic E-state index is 11.5. The smallest absolute Gasteiger partial charge is 0.165 e. The average Bonchev–Trinajstić information content (AvgIpc) is 2.33. The Morgan fingerprint density at radius 1 is 0.900 bits per heavy atom. The molecule has 0 unspecified atom stereocenters. The van der Waals surface area contributed by atoms with Crippen molar-refractivity contribution in [3.8, 4) is 11.5 Å². The summed E-state index contributed by atoms with van der Waals surface area (Å²) < 4.78 is 11.2. The van der Waals surface area contributed by atoms with Crippen LogP contribution in [0.25, 0.3) is 0 Å². The van der Waals surface area contributed by atoms with Crippen LogP contribution in [0.1, 0.15) is 63.0 Å². The third kappa shape index (κ3) is 2.97. The molecule has 1 rings (SSSR count). The van der Waals surface area contributed by atoms with Gasteiger partial charge >= 0.3 is 0 Å². The Kier molecular flexibility index (Phi) is 4.52. The van der Waals surface area contributed by atoms with Crippen LogP contribution >= 0.6 is 0 Å². The Bertz CT molecular complexity index is 502. The normalized spacial score (nSPS) is 12.2. The number of ether oxygens (including phenoxy) is 2. The molecule has 1 aromatic rings. The van der Waals surface area contributed by atoms with E-state index in [1.54, 1.807) is 14.2 Å². The summed E-state index contributed by atoms with van der Waals surface area (Å²) in [6.45, 7) is 12.5. The third-order valence-electron chi connectivity index (χ3n) is 3.36. The zero-order valence-corrected chi connectivity index (χ0v) is 13.9. The van der Waals surface area contributed by atoms with Crippen molar-refractivity contribution in [1.82, 2.24) is 0 Å². The fraction of sp³-hybridized carbons (Fsp3) is 0.588. The summed E-state index contributed by atoms with van der Waals surface area (Å²) in [5.74, 6) is 1.38. The van der Waals surface area contributed by atoms with E-state index in [1.165, 1.54) is 0 Å². The van der Waals surface area contributed by atoms with E-state index in [4.69, 9.17) is 9.47 Å². The topological polar surface area (TPSA) is 35.5 Å². The van der Waals surface area contributed by atoms with E-state index < -0.39 is 0 Å². The molecule has 0 atom stereocenters. The number of rotatable bonds is 3. The van der Waals surface area contributed by atoms with Gasteiger partial charge in [-0.25, -0.2) is 0 Å². The fourth-order valence-electron chi connectivity index (χ4n) is 2.48. The van der Waals surface area contributed by atoms with Crippen LogP contribution < -0.4 is 9.47 Å². The van der Waals surface area contributed by atoms with Gasteiger partial charge < -0.3 is 9.47 Å². The molecular weight excluding hydrogens is 252 g/mol. The molecule has 20 heavy (non-hydrogen) atoms. The van der Waals surface area contributed by atoms with E-state index in [9.17, 15) is 4.79 Å². The van der Waals surface area contributed by atoms with Gasteiger partial charge in [-0.05, 0) is 16.9 Å². The van der Waals surface area contributed by atoms with Gasteiger partial charge in [-0.15, -0.1) is 0 Å². The Morgan fingerprint density at radius 2 is 1.40 bits per heavy atom. The molecule has 0 bridgehead atoms. The molecule has 0 fully saturated rings. The molecule has 0 aliphatic carbocycles. The van der Waals surface area contributed by atoms with Crippen LogP contribution in [0, 0.1) is 0 Å². The molecule has 0 aliphatic rings. The van der Waals surface area contributed by atoms with E-state index in [1.807, 2.05) is 6.07 Å². The average molecular weight is 278 g/mol. The monoisotopic (exact) mass is 278 g/mol. The zero-order valence-electron chi connectivity index (χ0n) is 13.9. The molecule has 0 amide bonds. The van der Waals surface area contributed by atoms with Crippen molar-refractivity contribution in [3.63, 3.8) is 0 Å². The highest BCUT2D eigenvalue weighted by atomic mass is 16.5. The highest BCUT2D eigenvalue weighted by Crippen LogP contribution is 2.46. The van der Waals surface area contributed by atoms with Crippen LogP contribution in [0.3, 0.4) is 0 Å². The van der Waals surface area contributed by atoms with Crippen molar-refractivity contribution in [3.05, 3.63) is 22.8 Å². The molecular formula is C17H26O3.